The Hall–Kier alpha value is -2.41. The Kier molecular flexibility index (Phi) is 4.70. The van der Waals surface area contributed by atoms with Crippen LogP contribution in [0.2, 0.25) is 0 Å². The van der Waals surface area contributed by atoms with Gasteiger partial charge in [0.2, 0.25) is 0 Å². The van der Waals surface area contributed by atoms with Gasteiger partial charge in [-0.05, 0) is 38.3 Å². The van der Waals surface area contributed by atoms with Gasteiger partial charge in [0.1, 0.15) is 17.7 Å². The average Bonchev–Trinajstić information content (AvgIpc) is 2.92. The number of rotatable bonds is 4. The molecular weight excluding hydrogens is 318 g/mol. The van der Waals surface area contributed by atoms with Crippen molar-refractivity contribution in [2.24, 2.45) is 0 Å². The number of aromatic carboxylic acids is 1. The van der Waals surface area contributed by atoms with Gasteiger partial charge in [-0.15, -0.1) is 11.3 Å². The molecule has 0 spiro atoms. The number of hydrogen-bond acceptors (Lipinski definition) is 5. The molecule has 2 aromatic heterocycles. The minimum atomic E-state index is -1.33. The van der Waals surface area contributed by atoms with E-state index in [1.807, 2.05) is 17.5 Å². The van der Waals surface area contributed by atoms with Crippen molar-refractivity contribution in [3.05, 3.63) is 45.7 Å². The minimum absolute atomic E-state index is 0.338. The summed E-state index contributed by atoms with van der Waals surface area (Å²) in [5.41, 5.74) is -1.22. The Morgan fingerprint density at radius 1 is 1.35 bits per heavy atom. The van der Waals surface area contributed by atoms with Crippen LogP contribution in [0.4, 0.5) is 0 Å². The van der Waals surface area contributed by atoms with E-state index in [0.29, 0.717) is 5.56 Å². The maximum absolute atomic E-state index is 12.2. The summed E-state index contributed by atoms with van der Waals surface area (Å²) in [6.07, 6.45) is 1.48. The molecule has 2 aromatic rings. The van der Waals surface area contributed by atoms with Crippen LogP contribution in [0.25, 0.3) is 10.4 Å². The first-order valence-corrected chi connectivity index (χ1v) is 7.79. The van der Waals surface area contributed by atoms with Crippen molar-refractivity contribution in [3.63, 3.8) is 0 Å². The maximum atomic E-state index is 12.2. The lowest BCUT2D eigenvalue weighted by atomic mass is 10.1. The third-order valence-electron chi connectivity index (χ3n) is 2.84. The van der Waals surface area contributed by atoms with Crippen molar-refractivity contribution in [2.75, 3.05) is 0 Å². The molecule has 2 rings (SSSR count). The predicted octanol–water partition coefficient (Wildman–Crippen LogP) is 2.62. The van der Waals surface area contributed by atoms with Crippen LogP contribution >= 0.6 is 11.3 Å². The first-order valence-electron chi connectivity index (χ1n) is 6.91. The lowest BCUT2D eigenvalue weighted by molar-refractivity contribution is -0.155. The summed E-state index contributed by atoms with van der Waals surface area (Å²) >= 11 is 1.42. The number of hydrogen-bond donors (Lipinski definition) is 1. The van der Waals surface area contributed by atoms with E-state index in [-0.39, 0.29) is 12.1 Å². The molecule has 0 atom stereocenters. The quantitative estimate of drug-likeness (QED) is 0.868. The summed E-state index contributed by atoms with van der Waals surface area (Å²) in [5.74, 6) is -1.93. The highest BCUT2D eigenvalue weighted by molar-refractivity contribution is 7.13. The number of esters is 1. The van der Waals surface area contributed by atoms with Crippen LogP contribution in [0.15, 0.2) is 34.6 Å². The Bertz CT molecular complexity index is 784. The smallest absolute Gasteiger partial charge is 0.341 e. The monoisotopic (exact) mass is 335 g/mol. The topological polar surface area (TPSA) is 85.6 Å². The van der Waals surface area contributed by atoms with Gasteiger partial charge < -0.3 is 14.4 Å². The van der Waals surface area contributed by atoms with Gasteiger partial charge in [0.15, 0.2) is 0 Å². The first-order chi connectivity index (χ1) is 10.7. The third kappa shape index (κ3) is 4.29. The molecule has 6 nitrogen and oxygen atoms in total. The van der Waals surface area contributed by atoms with Gasteiger partial charge in [0.05, 0.1) is 0 Å². The SMILES string of the molecule is CC(C)(C)OC(=O)Cn1cc(-c2cccs2)cc(C(=O)O)c1=O. The standard InChI is InChI=1S/C16H17NO5S/c1-16(2,3)22-13(18)9-17-8-10(12-5-4-6-23-12)7-11(14(17)19)15(20)21/h4-8H,9H2,1-3H3,(H,20,21). The molecule has 1 N–H and O–H groups in total. The van der Waals surface area contributed by atoms with E-state index in [0.717, 1.165) is 9.44 Å². The highest BCUT2D eigenvalue weighted by Gasteiger charge is 2.20. The van der Waals surface area contributed by atoms with E-state index >= 15 is 0 Å². The second-order valence-electron chi connectivity index (χ2n) is 5.94. The van der Waals surface area contributed by atoms with E-state index < -0.39 is 23.1 Å². The molecule has 0 saturated carbocycles. The number of thiophene rings is 1. The summed E-state index contributed by atoms with van der Waals surface area (Å²) in [6.45, 7) is 4.82. The van der Waals surface area contributed by atoms with Crippen molar-refractivity contribution in [3.8, 4) is 10.4 Å². The number of pyridine rings is 1. The molecule has 0 bridgehead atoms. The zero-order valence-electron chi connectivity index (χ0n) is 13.0. The molecule has 7 heteroatoms. The molecule has 0 unspecified atom stereocenters. The predicted molar refractivity (Wildman–Crippen MR) is 86.8 cm³/mol. The van der Waals surface area contributed by atoms with Gasteiger partial charge in [-0.1, -0.05) is 6.07 Å². The van der Waals surface area contributed by atoms with Gasteiger partial charge in [0, 0.05) is 16.6 Å². The lowest BCUT2D eigenvalue weighted by Crippen LogP contribution is -2.32. The molecule has 0 fully saturated rings. The summed E-state index contributed by atoms with van der Waals surface area (Å²) < 4.78 is 6.26. The molecule has 0 radical (unpaired) electrons. The molecular formula is C16H17NO5S. The highest BCUT2D eigenvalue weighted by Crippen LogP contribution is 2.24. The number of ether oxygens (including phenoxy) is 1. The molecule has 0 amide bonds. The van der Waals surface area contributed by atoms with E-state index in [4.69, 9.17) is 4.74 Å². The summed E-state index contributed by atoms with van der Waals surface area (Å²) in [4.78, 5) is 36.2. The molecule has 23 heavy (non-hydrogen) atoms. The molecule has 0 saturated heterocycles. The number of carbonyl (C=O) groups is 2. The number of carboxylic acids is 1. The second kappa shape index (κ2) is 6.37. The van der Waals surface area contributed by atoms with Crippen LogP contribution in [0.5, 0.6) is 0 Å². The second-order valence-corrected chi connectivity index (χ2v) is 6.89. The van der Waals surface area contributed by atoms with Gasteiger partial charge in [-0.25, -0.2) is 4.79 Å². The summed E-state index contributed by atoms with van der Waals surface area (Å²) in [6, 6.07) is 4.96. The van der Waals surface area contributed by atoms with Crippen molar-refractivity contribution in [2.45, 2.75) is 32.9 Å². The minimum Gasteiger partial charge on any atom is -0.477 e. The van der Waals surface area contributed by atoms with Crippen LogP contribution in [0.1, 0.15) is 31.1 Å². The summed E-state index contributed by atoms with van der Waals surface area (Å²) in [5, 5.41) is 11.1. The number of aromatic nitrogens is 1. The Balaban J connectivity index is 2.44. The van der Waals surface area contributed by atoms with Crippen LogP contribution in [0, 0.1) is 0 Å². The van der Waals surface area contributed by atoms with E-state index in [1.54, 1.807) is 20.8 Å². The van der Waals surface area contributed by atoms with Crippen molar-refractivity contribution >= 4 is 23.3 Å². The molecule has 0 aromatic carbocycles. The Labute approximate surface area is 137 Å². The van der Waals surface area contributed by atoms with Crippen LogP contribution < -0.4 is 5.56 Å². The zero-order valence-corrected chi connectivity index (χ0v) is 13.8. The number of carboxylic acid groups (broad SMARTS) is 1. The normalized spacial score (nSPS) is 11.3. The van der Waals surface area contributed by atoms with Gasteiger partial charge in [0.25, 0.3) is 5.56 Å². The Morgan fingerprint density at radius 3 is 2.57 bits per heavy atom. The van der Waals surface area contributed by atoms with E-state index in [9.17, 15) is 19.5 Å². The van der Waals surface area contributed by atoms with Crippen LogP contribution in [0.3, 0.4) is 0 Å². The first kappa shape index (κ1) is 17.0. The van der Waals surface area contributed by atoms with E-state index in [2.05, 4.69) is 0 Å². The fraction of sp³-hybridized carbons (Fsp3) is 0.312. The van der Waals surface area contributed by atoms with Crippen LogP contribution in [-0.4, -0.2) is 27.2 Å². The average molecular weight is 335 g/mol. The van der Waals surface area contributed by atoms with Crippen molar-refractivity contribution < 1.29 is 19.4 Å². The van der Waals surface area contributed by atoms with E-state index in [1.165, 1.54) is 23.6 Å². The molecule has 0 aliphatic heterocycles. The fourth-order valence-electron chi connectivity index (χ4n) is 2.00. The molecule has 0 aliphatic carbocycles. The lowest BCUT2D eigenvalue weighted by Gasteiger charge is -2.20. The molecule has 0 aliphatic rings. The fourth-order valence-corrected chi connectivity index (χ4v) is 2.71. The number of carbonyl (C=O) groups excluding carboxylic acids is 1. The number of nitrogens with zero attached hydrogens (tertiary/aromatic N) is 1. The Morgan fingerprint density at radius 2 is 2.04 bits per heavy atom. The molecule has 2 heterocycles. The van der Waals surface area contributed by atoms with Crippen LogP contribution in [-0.2, 0) is 16.1 Å². The molecule has 122 valence electrons. The largest absolute Gasteiger partial charge is 0.477 e. The van der Waals surface area contributed by atoms with Crippen molar-refractivity contribution in [1.82, 2.24) is 4.57 Å². The third-order valence-corrected chi connectivity index (χ3v) is 3.76. The van der Waals surface area contributed by atoms with Gasteiger partial charge >= 0.3 is 11.9 Å². The maximum Gasteiger partial charge on any atom is 0.341 e. The van der Waals surface area contributed by atoms with Crippen molar-refractivity contribution in [1.29, 1.82) is 0 Å². The summed E-state index contributed by atoms with van der Waals surface area (Å²) in [7, 11) is 0. The zero-order chi connectivity index (χ0) is 17.2. The van der Waals surface area contributed by atoms with Gasteiger partial charge in [-0.3, -0.25) is 9.59 Å². The highest BCUT2D eigenvalue weighted by atomic mass is 32.1. The van der Waals surface area contributed by atoms with Gasteiger partial charge in [-0.2, -0.15) is 0 Å².